The van der Waals surface area contributed by atoms with E-state index in [1.54, 1.807) is 13.1 Å². The number of rotatable bonds is 1. The number of fused-ring (bicyclic) bond motifs is 4. The van der Waals surface area contributed by atoms with Crippen LogP contribution in [0, 0.1) is 5.92 Å². The van der Waals surface area contributed by atoms with Crippen LogP contribution in [0.15, 0.2) is 35.9 Å². The second-order valence-corrected chi connectivity index (χ2v) is 10.1. The molecule has 2 amide bonds. The van der Waals surface area contributed by atoms with Gasteiger partial charge in [0.1, 0.15) is 22.6 Å². The summed E-state index contributed by atoms with van der Waals surface area (Å²) in [7, 11) is 3.22. The minimum absolute atomic E-state index is 0.129. The molecule has 1 saturated heterocycles. The molecule has 0 aromatic heterocycles. The second-order valence-electron chi connectivity index (χ2n) is 9.73. The van der Waals surface area contributed by atoms with Gasteiger partial charge >= 0.3 is 6.09 Å². The highest BCUT2D eigenvalue weighted by molar-refractivity contribution is 6.35. The molecule has 2 aliphatic rings. The quantitative estimate of drug-likeness (QED) is 0.529. The first-order valence-electron chi connectivity index (χ1n) is 11.8. The summed E-state index contributed by atoms with van der Waals surface area (Å²) in [6.45, 7) is 3.87. The number of hydrogen-bond donors (Lipinski definition) is 3. The molecule has 2 aliphatic heterocycles. The van der Waals surface area contributed by atoms with E-state index in [9.17, 15) is 19.8 Å². The normalized spacial score (nSPS) is 31.1. The molecule has 1 fully saturated rings. The van der Waals surface area contributed by atoms with Crippen molar-refractivity contribution in [1.82, 2.24) is 5.32 Å². The molecule has 4 bridgehead atoms. The van der Waals surface area contributed by atoms with Crippen LogP contribution in [-0.2, 0) is 16.0 Å². The van der Waals surface area contributed by atoms with Crippen molar-refractivity contribution in [1.29, 1.82) is 0 Å². The van der Waals surface area contributed by atoms with Gasteiger partial charge in [-0.1, -0.05) is 42.3 Å². The van der Waals surface area contributed by atoms with Crippen LogP contribution >= 0.6 is 11.6 Å². The molecule has 9 heteroatoms. The van der Waals surface area contributed by atoms with Crippen molar-refractivity contribution < 1.29 is 29.3 Å². The lowest BCUT2D eigenvalue weighted by Gasteiger charge is -2.37. The predicted molar refractivity (Wildman–Crippen MR) is 135 cm³/mol. The molecule has 192 valence electrons. The van der Waals surface area contributed by atoms with Crippen molar-refractivity contribution in [2.24, 2.45) is 5.92 Å². The molecular weight excluding hydrogens is 472 g/mol. The largest absolute Gasteiger partial charge is 0.495 e. The number of amides is 2. The molecule has 3 N–H and O–H groups in total. The Morgan fingerprint density at radius 3 is 2.74 bits per heavy atom. The van der Waals surface area contributed by atoms with E-state index in [1.165, 1.54) is 12.0 Å². The van der Waals surface area contributed by atoms with Crippen molar-refractivity contribution in [2.45, 2.75) is 70.3 Å². The van der Waals surface area contributed by atoms with E-state index in [0.717, 1.165) is 11.1 Å². The number of nitrogens with zero attached hydrogens (tertiary/aromatic N) is 1. The topological polar surface area (TPSA) is 108 Å². The van der Waals surface area contributed by atoms with Gasteiger partial charge in [-0.15, -0.1) is 0 Å². The molecule has 0 radical (unpaired) electrons. The lowest BCUT2D eigenvalue weighted by molar-refractivity contribution is -0.119. The Morgan fingerprint density at radius 2 is 2.03 bits per heavy atom. The number of benzene rings is 1. The fourth-order valence-electron chi connectivity index (χ4n) is 4.63. The Labute approximate surface area is 211 Å². The maximum atomic E-state index is 13.1. The maximum Gasteiger partial charge on any atom is 0.409 e. The van der Waals surface area contributed by atoms with E-state index in [-0.39, 0.29) is 37.5 Å². The average Bonchev–Trinajstić information content (AvgIpc) is 2.75. The Morgan fingerprint density at radius 1 is 1.29 bits per heavy atom. The summed E-state index contributed by atoms with van der Waals surface area (Å²) in [5, 5.41) is 24.4. The van der Waals surface area contributed by atoms with E-state index < -0.39 is 24.0 Å². The van der Waals surface area contributed by atoms with Crippen LogP contribution in [0.1, 0.15) is 51.5 Å². The van der Waals surface area contributed by atoms with Gasteiger partial charge in [-0.05, 0) is 43.4 Å². The SMILES string of the molecule is COc1cc2cc(c1Cl)N(C)C(=O)CC(C)CC(O)CC1C[C@](O)(C/C=C/C=C(\C)C2)NC(=O)O1. The molecule has 0 spiro atoms. The lowest BCUT2D eigenvalue weighted by Crippen LogP contribution is -2.56. The van der Waals surface area contributed by atoms with Crippen molar-refractivity contribution in [3.05, 3.63) is 46.5 Å². The van der Waals surface area contributed by atoms with Crippen LogP contribution in [0.4, 0.5) is 10.5 Å². The number of carbonyl (C=O) groups is 2. The van der Waals surface area contributed by atoms with Gasteiger partial charge in [-0.25, -0.2) is 4.79 Å². The predicted octanol–water partition coefficient (Wildman–Crippen LogP) is 4.11. The number of anilines is 1. The number of allylic oxidation sites excluding steroid dienone is 3. The third kappa shape index (κ3) is 7.22. The van der Waals surface area contributed by atoms with Crippen LogP contribution in [0.5, 0.6) is 5.75 Å². The zero-order valence-electron chi connectivity index (χ0n) is 20.7. The van der Waals surface area contributed by atoms with Crippen LogP contribution < -0.4 is 15.0 Å². The number of aliphatic hydroxyl groups excluding tert-OH is 1. The van der Waals surface area contributed by atoms with Crippen LogP contribution in [0.25, 0.3) is 0 Å². The second kappa shape index (κ2) is 11.5. The van der Waals surface area contributed by atoms with E-state index in [0.29, 0.717) is 29.3 Å². The van der Waals surface area contributed by atoms with E-state index >= 15 is 0 Å². The summed E-state index contributed by atoms with van der Waals surface area (Å²) < 4.78 is 10.7. The van der Waals surface area contributed by atoms with E-state index in [2.05, 4.69) is 5.32 Å². The van der Waals surface area contributed by atoms with Gasteiger partial charge in [0.2, 0.25) is 5.91 Å². The first-order chi connectivity index (χ1) is 16.5. The summed E-state index contributed by atoms with van der Waals surface area (Å²) >= 11 is 6.55. The molecular formula is C26H35ClN2O6. The Kier molecular flexibility index (Phi) is 8.85. The Hall–Kier alpha value is -2.55. The minimum atomic E-state index is -1.45. The summed E-state index contributed by atoms with van der Waals surface area (Å²) in [6.07, 6.45) is 5.11. The first-order valence-corrected chi connectivity index (χ1v) is 12.2. The van der Waals surface area contributed by atoms with Crippen molar-refractivity contribution in [3.63, 3.8) is 0 Å². The molecule has 1 aromatic rings. The summed E-state index contributed by atoms with van der Waals surface area (Å²) in [5.41, 5.74) is 1.08. The number of halogens is 1. The molecule has 0 aliphatic carbocycles. The molecule has 8 nitrogen and oxygen atoms in total. The van der Waals surface area contributed by atoms with Crippen LogP contribution in [0.2, 0.25) is 5.02 Å². The number of aliphatic hydroxyl groups is 2. The van der Waals surface area contributed by atoms with Crippen LogP contribution in [-0.4, -0.2) is 54.3 Å². The van der Waals surface area contributed by atoms with Gasteiger partial charge < -0.3 is 24.6 Å². The number of carbonyl (C=O) groups excluding carboxylic acids is 2. The monoisotopic (exact) mass is 506 g/mol. The third-order valence-corrected chi connectivity index (χ3v) is 6.78. The standard InChI is InChI=1S/C26H35ClN2O6/c1-16-7-5-6-8-26(33)15-20(35-25(32)28-26)14-19(30)10-17(2)11-23(31)29(3)21-12-18(9-16)13-22(34-4)24(21)27/h5-7,12-13,17,19-20,30,33H,8-11,14-15H2,1-4H3,(H,28,32)/b6-5+,16-7+/t17?,19?,20?,26-/m1/s1. The zero-order chi connectivity index (χ0) is 25.8. The van der Waals surface area contributed by atoms with E-state index in [1.807, 2.05) is 38.1 Å². The fourth-order valence-corrected chi connectivity index (χ4v) is 4.95. The number of nitrogens with one attached hydrogen (secondary N) is 1. The number of alkyl carbamates (subject to hydrolysis) is 1. The van der Waals surface area contributed by atoms with Gasteiger partial charge in [0.25, 0.3) is 0 Å². The number of ether oxygens (including phenoxy) is 2. The summed E-state index contributed by atoms with van der Waals surface area (Å²) in [4.78, 5) is 26.6. The van der Waals surface area contributed by atoms with Crippen molar-refractivity contribution in [3.8, 4) is 5.75 Å². The molecule has 1 aromatic carbocycles. The third-order valence-electron chi connectivity index (χ3n) is 6.40. The Balaban J connectivity index is 1.94. The number of hydrogen-bond acceptors (Lipinski definition) is 6. The maximum absolute atomic E-state index is 13.1. The molecule has 0 saturated carbocycles. The fraction of sp³-hybridized carbons (Fsp3) is 0.538. The van der Waals surface area contributed by atoms with Gasteiger partial charge in [0.05, 0.1) is 18.9 Å². The zero-order valence-corrected chi connectivity index (χ0v) is 21.5. The first kappa shape index (κ1) is 27.0. The Bertz CT molecular complexity index is 1010. The molecule has 4 atom stereocenters. The number of methoxy groups -OCH3 is 1. The van der Waals surface area contributed by atoms with Gasteiger partial charge in [0.15, 0.2) is 0 Å². The van der Waals surface area contributed by atoms with Gasteiger partial charge in [0, 0.05) is 32.7 Å². The lowest BCUT2D eigenvalue weighted by atomic mass is 9.92. The van der Waals surface area contributed by atoms with Crippen molar-refractivity contribution in [2.75, 3.05) is 19.1 Å². The van der Waals surface area contributed by atoms with Crippen LogP contribution in [0.3, 0.4) is 0 Å². The highest BCUT2D eigenvalue weighted by Crippen LogP contribution is 2.37. The molecule has 3 rings (SSSR count). The van der Waals surface area contributed by atoms with Gasteiger partial charge in [-0.3, -0.25) is 10.1 Å². The minimum Gasteiger partial charge on any atom is -0.495 e. The molecule has 35 heavy (non-hydrogen) atoms. The van der Waals surface area contributed by atoms with Crippen molar-refractivity contribution >= 4 is 29.3 Å². The smallest absolute Gasteiger partial charge is 0.409 e. The molecule has 2 heterocycles. The highest BCUT2D eigenvalue weighted by Gasteiger charge is 2.39. The highest BCUT2D eigenvalue weighted by atomic mass is 35.5. The van der Waals surface area contributed by atoms with Gasteiger partial charge in [-0.2, -0.15) is 0 Å². The van der Waals surface area contributed by atoms with E-state index in [4.69, 9.17) is 21.1 Å². The summed E-state index contributed by atoms with van der Waals surface area (Å²) in [6, 6.07) is 3.74. The molecule has 3 unspecified atom stereocenters. The average molecular weight is 507 g/mol. The summed E-state index contributed by atoms with van der Waals surface area (Å²) in [5.74, 6) is 0.221.